The molecule has 0 radical (unpaired) electrons. The zero-order valence-corrected chi connectivity index (χ0v) is 13.6. The standard InChI is InChI=1S/C19H20N2O3/c1-24-17-10-6-5-7-14(17)13-20-18(22)16-11-12-21(19(16)23)15-8-3-2-4-9-15/h2-10,16H,11-13H2,1H3,(H,20,22). The van der Waals surface area contributed by atoms with Gasteiger partial charge in [0.15, 0.2) is 0 Å². The lowest BCUT2D eigenvalue weighted by Crippen LogP contribution is -2.36. The average molecular weight is 324 g/mol. The highest BCUT2D eigenvalue weighted by molar-refractivity contribution is 6.09. The predicted octanol–water partition coefficient (Wildman–Crippen LogP) is 2.36. The van der Waals surface area contributed by atoms with Gasteiger partial charge in [-0.15, -0.1) is 0 Å². The molecule has 0 aliphatic carbocycles. The number of carbonyl (C=O) groups excluding carboxylic acids is 2. The molecule has 3 rings (SSSR count). The lowest BCUT2D eigenvalue weighted by atomic mass is 10.1. The van der Waals surface area contributed by atoms with Gasteiger partial charge < -0.3 is 15.0 Å². The van der Waals surface area contributed by atoms with Gasteiger partial charge in [0.05, 0.1) is 7.11 Å². The van der Waals surface area contributed by atoms with Gasteiger partial charge in [-0.2, -0.15) is 0 Å². The third kappa shape index (κ3) is 3.25. The van der Waals surface area contributed by atoms with E-state index in [1.54, 1.807) is 12.0 Å². The molecule has 2 aromatic rings. The number of benzene rings is 2. The second-order valence-electron chi connectivity index (χ2n) is 5.70. The summed E-state index contributed by atoms with van der Waals surface area (Å²) in [6.45, 7) is 0.910. The van der Waals surface area contributed by atoms with Crippen LogP contribution in [0.3, 0.4) is 0 Å². The molecule has 0 bridgehead atoms. The van der Waals surface area contributed by atoms with Crippen molar-refractivity contribution in [2.45, 2.75) is 13.0 Å². The summed E-state index contributed by atoms with van der Waals surface area (Å²) in [4.78, 5) is 26.6. The Hall–Kier alpha value is -2.82. The topological polar surface area (TPSA) is 58.6 Å². The fourth-order valence-electron chi connectivity index (χ4n) is 2.94. The first kappa shape index (κ1) is 16.1. The smallest absolute Gasteiger partial charge is 0.239 e. The van der Waals surface area contributed by atoms with Crippen molar-refractivity contribution < 1.29 is 14.3 Å². The van der Waals surface area contributed by atoms with Crippen LogP contribution in [0.15, 0.2) is 54.6 Å². The maximum atomic E-state index is 12.5. The lowest BCUT2D eigenvalue weighted by molar-refractivity contribution is -0.132. The highest BCUT2D eigenvalue weighted by Crippen LogP contribution is 2.25. The Morgan fingerprint density at radius 1 is 1.17 bits per heavy atom. The lowest BCUT2D eigenvalue weighted by Gasteiger charge is -2.16. The molecular formula is C19H20N2O3. The van der Waals surface area contributed by atoms with E-state index in [2.05, 4.69) is 5.32 Å². The van der Waals surface area contributed by atoms with Crippen molar-refractivity contribution in [1.82, 2.24) is 5.32 Å². The molecule has 1 saturated heterocycles. The number of rotatable bonds is 5. The Labute approximate surface area is 141 Å². The van der Waals surface area contributed by atoms with Gasteiger partial charge in [-0.05, 0) is 24.6 Å². The largest absolute Gasteiger partial charge is 0.496 e. The minimum atomic E-state index is -0.625. The summed E-state index contributed by atoms with van der Waals surface area (Å²) in [5, 5.41) is 2.85. The van der Waals surface area contributed by atoms with Crippen LogP contribution in [-0.2, 0) is 16.1 Å². The van der Waals surface area contributed by atoms with Crippen LogP contribution in [0.2, 0.25) is 0 Å². The van der Waals surface area contributed by atoms with E-state index < -0.39 is 5.92 Å². The van der Waals surface area contributed by atoms with E-state index in [1.165, 1.54) is 0 Å². The van der Waals surface area contributed by atoms with Crippen molar-refractivity contribution in [3.63, 3.8) is 0 Å². The molecule has 1 aliphatic heterocycles. The first-order valence-electron chi connectivity index (χ1n) is 7.96. The highest BCUT2D eigenvalue weighted by atomic mass is 16.5. The summed E-state index contributed by atoms with van der Waals surface area (Å²) < 4.78 is 5.27. The minimum absolute atomic E-state index is 0.140. The Morgan fingerprint density at radius 3 is 2.62 bits per heavy atom. The fourth-order valence-corrected chi connectivity index (χ4v) is 2.94. The van der Waals surface area contributed by atoms with Gasteiger partial charge in [-0.3, -0.25) is 9.59 Å². The molecule has 1 unspecified atom stereocenters. The van der Waals surface area contributed by atoms with Gasteiger partial charge in [0.25, 0.3) is 0 Å². The first-order valence-corrected chi connectivity index (χ1v) is 7.96. The number of methoxy groups -OCH3 is 1. The number of amides is 2. The van der Waals surface area contributed by atoms with Crippen LogP contribution in [-0.4, -0.2) is 25.5 Å². The molecule has 1 N–H and O–H groups in total. The number of anilines is 1. The predicted molar refractivity (Wildman–Crippen MR) is 91.7 cm³/mol. The molecule has 2 amide bonds. The Balaban J connectivity index is 1.63. The molecule has 1 atom stereocenters. The van der Waals surface area contributed by atoms with Crippen molar-refractivity contribution in [2.24, 2.45) is 5.92 Å². The van der Waals surface area contributed by atoms with Gasteiger partial charge in [0, 0.05) is 24.3 Å². The van der Waals surface area contributed by atoms with Gasteiger partial charge in [-0.25, -0.2) is 0 Å². The summed E-state index contributed by atoms with van der Waals surface area (Å²) in [7, 11) is 1.60. The normalized spacial score (nSPS) is 17.0. The molecular weight excluding hydrogens is 304 g/mol. The third-order valence-electron chi connectivity index (χ3n) is 4.24. The van der Waals surface area contributed by atoms with Crippen LogP contribution in [0.25, 0.3) is 0 Å². The van der Waals surface area contributed by atoms with E-state index in [1.807, 2.05) is 54.6 Å². The third-order valence-corrected chi connectivity index (χ3v) is 4.24. The number of hydrogen-bond acceptors (Lipinski definition) is 3. The highest BCUT2D eigenvalue weighted by Gasteiger charge is 2.37. The Bertz CT molecular complexity index is 730. The molecule has 5 nitrogen and oxygen atoms in total. The van der Waals surface area contributed by atoms with Crippen LogP contribution in [0.4, 0.5) is 5.69 Å². The van der Waals surface area contributed by atoms with Crippen LogP contribution >= 0.6 is 0 Å². The summed E-state index contributed by atoms with van der Waals surface area (Å²) >= 11 is 0. The van der Waals surface area contributed by atoms with Gasteiger partial charge in [0.1, 0.15) is 11.7 Å². The zero-order valence-electron chi connectivity index (χ0n) is 13.6. The number of ether oxygens (including phenoxy) is 1. The van der Waals surface area contributed by atoms with Gasteiger partial charge in [-0.1, -0.05) is 36.4 Å². The Kier molecular flexibility index (Phi) is 4.79. The van der Waals surface area contributed by atoms with E-state index in [0.717, 1.165) is 17.0 Å². The van der Waals surface area contributed by atoms with Gasteiger partial charge in [0.2, 0.25) is 11.8 Å². The first-order chi connectivity index (χ1) is 11.7. The van der Waals surface area contributed by atoms with Crippen molar-refractivity contribution >= 4 is 17.5 Å². The number of nitrogens with one attached hydrogen (secondary N) is 1. The molecule has 1 fully saturated rings. The van der Waals surface area contributed by atoms with Crippen molar-refractivity contribution in [2.75, 3.05) is 18.6 Å². The van der Waals surface area contributed by atoms with E-state index >= 15 is 0 Å². The van der Waals surface area contributed by atoms with Crippen molar-refractivity contribution in [3.05, 3.63) is 60.2 Å². The van der Waals surface area contributed by atoms with Gasteiger partial charge >= 0.3 is 0 Å². The molecule has 124 valence electrons. The summed E-state index contributed by atoms with van der Waals surface area (Å²) in [5.41, 5.74) is 1.72. The summed E-state index contributed by atoms with van der Waals surface area (Å²) in [6.07, 6.45) is 0.533. The minimum Gasteiger partial charge on any atom is -0.496 e. The second-order valence-corrected chi connectivity index (χ2v) is 5.70. The molecule has 1 heterocycles. The molecule has 0 aromatic heterocycles. The van der Waals surface area contributed by atoms with E-state index in [9.17, 15) is 9.59 Å². The van der Waals surface area contributed by atoms with Crippen LogP contribution in [0.1, 0.15) is 12.0 Å². The zero-order chi connectivity index (χ0) is 16.9. The van der Waals surface area contributed by atoms with Crippen LogP contribution in [0, 0.1) is 5.92 Å². The Morgan fingerprint density at radius 2 is 1.88 bits per heavy atom. The fraction of sp³-hybridized carbons (Fsp3) is 0.263. The van der Waals surface area contributed by atoms with Crippen LogP contribution in [0.5, 0.6) is 5.75 Å². The molecule has 2 aromatic carbocycles. The van der Waals surface area contributed by atoms with Crippen molar-refractivity contribution in [1.29, 1.82) is 0 Å². The quantitative estimate of drug-likeness (QED) is 0.859. The molecule has 0 spiro atoms. The molecule has 0 saturated carbocycles. The molecule has 5 heteroatoms. The number of carbonyl (C=O) groups is 2. The van der Waals surface area contributed by atoms with Crippen molar-refractivity contribution in [3.8, 4) is 5.75 Å². The van der Waals surface area contributed by atoms with E-state index in [0.29, 0.717) is 19.5 Å². The van der Waals surface area contributed by atoms with E-state index in [4.69, 9.17) is 4.74 Å². The average Bonchev–Trinajstić information content (AvgIpc) is 3.02. The number of nitrogens with zero attached hydrogens (tertiary/aromatic N) is 1. The molecule has 24 heavy (non-hydrogen) atoms. The van der Waals surface area contributed by atoms with Crippen LogP contribution < -0.4 is 15.0 Å². The SMILES string of the molecule is COc1ccccc1CNC(=O)C1CCN(c2ccccc2)C1=O. The number of hydrogen-bond donors (Lipinski definition) is 1. The molecule has 1 aliphatic rings. The number of para-hydroxylation sites is 2. The summed E-state index contributed by atoms with van der Waals surface area (Å²) in [5.74, 6) is -0.274. The summed E-state index contributed by atoms with van der Waals surface area (Å²) in [6, 6.07) is 17.0. The monoisotopic (exact) mass is 324 g/mol. The second kappa shape index (κ2) is 7.17. The maximum absolute atomic E-state index is 12.5. The van der Waals surface area contributed by atoms with E-state index in [-0.39, 0.29) is 11.8 Å². The maximum Gasteiger partial charge on any atom is 0.239 e.